The van der Waals surface area contributed by atoms with Gasteiger partial charge in [0.25, 0.3) is 0 Å². The molecule has 148 valence electrons. The number of rotatable bonds is 6. The first-order valence-electron chi connectivity index (χ1n) is 8.75. The van der Waals surface area contributed by atoms with Gasteiger partial charge in [0.1, 0.15) is 0 Å². The average Bonchev–Trinajstić information content (AvgIpc) is 3.39. The molecule has 2 aromatic heterocycles. The minimum atomic E-state index is -3.89. The van der Waals surface area contributed by atoms with Crippen LogP contribution in [0.15, 0.2) is 86.4 Å². The summed E-state index contributed by atoms with van der Waals surface area (Å²) in [6, 6.07) is 19.5. The van der Waals surface area contributed by atoms with Crippen LogP contribution in [0.3, 0.4) is 0 Å². The Morgan fingerprint density at radius 3 is 2.41 bits per heavy atom. The van der Waals surface area contributed by atoms with Crippen LogP contribution in [-0.4, -0.2) is 20.4 Å². The van der Waals surface area contributed by atoms with Crippen molar-refractivity contribution in [3.05, 3.63) is 82.7 Å². The summed E-state index contributed by atoms with van der Waals surface area (Å²) in [7, 11) is -2.11. The third kappa shape index (κ3) is 4.07. The van der Waals surface area contributed by atoms with Gasteiger partial charge in [-0.25, -0.2) is 8.42 Å². The summed E-state index contributed by atoms with van der Waals surface area (Å²) in [6.45, 7) is 0.475. The van der Waals surface area contributed by atoms with Gasteiger partial charge in [0.05, 0.1) is 9.77 Å². The van der Waals surface area contributed by atoms with E-state index in [-0.39, 0.29) is 21.7 Å². The first-order chi connectivity index (χ1) is 13.9. The monoisotopic (exact) mass is 444 g/mol. The second-order valence-electron chi connectivity index (χ2n) is 6.41. The lowest BCUT2D eigenvalue weighted by Gasteiger charge is -2.17. The standard InChI is InChI=1S/C21H17ClN2O3S2/c1-24(14-15-6-3-2-4-7-15)21-20(23-19(27-21)18-8-5-13-28-18)29(25,26)17-11-9-16(22)10-12-17/h2-13H,14H2,1H3. The molecule has 0 aliphatic heterocycles. The highest BCUT2D eigenvalue weighted by Crippen LogP contribution is 2.36. The summed E-state index contributed by atoms with van der Waals surface area (Å²) in [6.07, 6.45) is 0. The van der Waals surface area contributed by atoms with Gasteiger partial charge >= 0.3 is 0 Å². The number of aromatic nitrogens is 1. The summed E-state index contributed by atoms with van der Waals surface area (Å²) in [5.41, 5.74) is 1.03. The van der Waals surface area contributed by atoms with E-state index in [4.69, 9.17) is 16.0 Å². The molecule has 0 aliphatic rings. The zero-order chi connectivity index (χ0) is 20.4. The number of anilines is 1. The van der Waals surface area contributed by atoms with Crippen molar-refractivity contribution in [1.29, 1.82) is 0 Å². The molecule has 2 aromatic carbocycles. The molecular formula is C21H17ClN2O3S2. The SMILES string of the molecule is CN(Cc1ccccc1)c1oc(-c2cccs2)nc1S(=O)(=O)c1ccc(Cl)cc1. The van der Waals surface area contributed by atoms with Crippen LogP contribution >= 0.6 is 22.9 Å². The zero-order valence-electron chi connectivity index (χ0n) is 15.4. The van der Waals surface area contributed by atoms with Gasteiger partial charge in [0, 0.05) is 18.6 Å². The van der Waals surface area contributed by atoms with Crippen molar-refractivity contribution >= 4 is 38.7 Å². The zero-order valence-corrected chi connectivity index (χ0v) is 17.8. The Labute approximate surface area is 178 Å². The van der Waals surface area contributed by atoms with Gasteiger partial charge in [0.2, 0.25) is 26.6 Å². The van der Waals surface area contributed by atoms with Gasteiger partial charge in [-0.05, 0) is 41.3 Å². The number of halogens is 1. The Morgan fingerprint density at radius 2 is 1.76 bits per heavy atom. The maximum Gasteiger partial charge on any atom is 0.240 e. The Bertz CT molecular complexity index is 1200. The molecule has 0 radical (unpaired) electrons. The number of benzene rings is 2. The van der Waals surface area contributed by atoms with Crippen molar-refractivity contribution in [1.82, 2.24) is 4.98 Å². The van der Waals surface area contributed by atoms with E-state index in [1.165, 1.54) is 23.5 Å². The number of oxazole rings is 1. The number of sulfone groups is 1. The van der Waals surface area contributed by atoms with Gasteiger partial charge in [-0.1, -0.05) is 48.0 Å². The van der Waals surface area contributed by atoms with E-state index < -0.39 is 9.84 Å². The predicted octanol–water partition coefficient (Wildman–Crippen LogP) is 5.53. The second-order valence-corrected chi connectivity index (χ2v) is 9.65. The van der Waals surface area contributed by atoms with Crippen LogP contribution in [0.2, 0.25) is 5.02 Å². The van der Waals surface area contributed by atoms with E-state index in [9.17, 15) is 8.42 Å². The summed E-state index contributed by atoms with van der Waals surface area (Å²) >= 11 is 7.35. The van der Waals surface area contributed by atoms with Crippen LogP contribution in [0.1, 0.15) is 5.56 Å². The number of hydrogen-bond acceptors (Lipinski definition) is 6. The van der Waals surface area contributed by atoms with Gasteiger partial charge in [0.15, 0.2) is 0 Å². The van der Waals surface area contributed by atoms with Crippen molar-refractivity contribution in [2.75, 3.05) is 11.9 Å². The molecule has 0 bridgehead atoms. The van der Waals surface area contributed by atoms with E-state index >= 15 is 0 Å². The smallest absolute Gasteiger partial charge is 0.240 e. The van der Waals surface area contributed by atoms with Crippen LogP contribution in [0.25, 0.3) is 10.8 Å². The molecule has 0 fully saturated rings. The molecule has 4 aromatic rings. The first-order valence-corrected chi connectivity index (χ1v) is 11.5. The van der Waals surface area contributed by atoms with Crippen molar-refractivity contribution in [2.45, 2.75) is 16.5 Å². The Balaban J connectivity index is 1.80. The van der Waals surface area contributed by atoms with Crippen LogP contribution in [-0.2, 0) is 16.4 Å². The minimum Gasteiger partial charge on any atom is -0.418 e. The molecule has 4 rings (SSSR count). The van der Waals surface area contributed by atoms with E-state index in [1.54, 1.807) is 24.1 Å². The van der Waals surface area contributed by atoms with Gasteiger partial charge < -0.3 is 9.32 Å². The van der Waals surface area contributed by atoms with Crippen molar-refractivity contribution in [2.24, 2.45) is 0 Å². The predicted molar refractivity (Wildman–Crippen MR) is 115 cm³/mol. The normalized spacial score (nSPS) is 11.5. The molecule has 0 saturated carbocycles. The molecular weight excluding hydrogens is 428 g/mol. The minimum absolute atomic E-state index is 0.110. The molecule has 0 unspecified atom stereocenters. The van der Waals surface area contributed by atoms with Gasteiger partial charge in [-0.2, -0.15) is 4.98 Å². The Hall–Kier alpha value is -2.61. The molecule has 0 atom stereocenters. The fraction of sp³-hybridized carbons (Fsp3) is 0.0952. The Kier molecular flexibility index (Phi) is 5.45. The molecule has 0 aliphatic carbocycles. The number of nitrogens with zero attached hydrogens (tertiary/aromatic N) is 2. The molecule has 8 heteroatoms. The van der Waals surface area contributed by atoms with Crippen molar-refractivity contribution in [3.63, 3.8) is 0 Å². The fourth-order valence-electron chi connectivity index (χ4n) is 2.87. The number of thiophene rings is 1. The van der Waals surface area contributed by atoms with E-state index in [0.29, 0.717) is 11.6 Å². The third-order valence-corrected chi connectivity index (χ3v) is 7.08. The van der Waals surface area contributed by atoms with Gasteiger partial charge in [-0.3, -0.25) is 0 Å². The highest BCUT2D eigenvalue weighted by molar-refractivity contribution is 7.91. The van der Waals surface area contributed by atoms with Gasteiger partial charge in [-0.15, -0.1) is 11.3 Å². The van der Waals surface area contributed by atoms with E-state index in [1.807, 2.05) is 47.8 Å². The van der Waals surface area contributed by atoms with E-state index in [2.05, 4.69) is 4.98 Å². The van der Waals surface area contributed by atoms with Crippen LogP contribution in [0, 0.1) is 0 Å². The molecule has 5 nitrogen and oxygen atoms in total. The Morgan fingerprint density at radius 1 is 1.03 bits per heavy atom. The molecule has 0 amide bonds. The first kappa shape index (κ1) is 19.7. The summed E-state index contributed by atoms with van der Waals surface area (Å²) in [5, 5.41) is 2.24. The summed E-state index contributed by atoms with van der Waals surface area (Å²) in [5.74, 6) is 0.481. The average molecular weight is 445 g/mol. The fourth-order valence-corrected chi connectivity index (χ4v) is 5.00. The lowest BCUT2D eigenvalue weighted by molar-refractivity contribution is 0.555. The summed E-state index contributed by atoms with van der Waals surface area (Å²) in [4.78, 5) is 6.99. The maximum absolute atomic E-state index is 13.3. The summed E-state index contributed by atoms with van der Waals surface area (Å²) < 4.78 is 32.6. The highest BCUT2D eigenvalue weighted by atomic mass is 35.5. The molecule has 2 heterocycles. The maximum atomic E-state index is 13.3. The van der Waals surface area contributed by atoms with Crippen molar-refractivity contribution < 1.29 is 12.8 Å². The lowest BCUT2D eigenvalue weighted by atomic mass is 10.2. The lowest BCUT2D eigenvalue weighted by Crippen LogP contribution is -2.18. The number of hydrogen-bond donors (Lipinski definition) is 0. The quantitative estimate of drug-likeness (QED) is 0.391. The van der Waals surface area contributed by atoms with E-state index in [0.717, 1.165) is 10.4 Å². The highest BCUT2D eigenvalue weighted by Gasteiger charge is 2.30. The molecule has 0 saturated heterocycles. The molecule has 0 N–H and O–H groups in total. The third-order valence-electron chi connectivity index (χ3n) is 4.30. The molecule has 0 spiro atoms. The van der Waals surface area contributed by atoms with Crippen LogP contribution in [0.4, 0.5) is 5.88 Å². The second kappa shape index (κ2) is 8.02. The molecule has 29 heavy (non-hydrogen) atoms. The topological polar surface area (TPSA) is 63.4 Å². The largest absolute Gasteiger partial charge is 0.418 e. The van der Waals surface area contributed by atoms with Crippen LogP contribution in [0.5, 0.6) is 0 Å². The van der Waals surface area contributed by atoms with Crippen molar-refractivity contribution in [3.8, 4) is 10.8 Å². The van der Waals surface area contributed by atoms with Crippen LogP contribution < -0.4 is 4.90 Å².